The molecule has 2 aromatic rings. The van der Waals surface area contributed by atoms with Crippen LogP contribution in [0.5, 0.6) is 5.75 Å². The van der Waals surface area contributed by atoms with E-state index < -0.39 is 11.6 Å². The zero-order valence-corrected chi connectivity index (χ0v) is 14.0. The van der Waals surface area contributed by atoms with Crippen LogP contribution in [0.2, 0.25) is 0 Å². The Bertz CT molecular complexity index is 789. The van der Waals surface area contributed by atoms with Gasteiger partial charge in [-0.1, -0.05) is 34.1 Å². The Morgan fingerprint density at radius 2 is 1.96 bits per heavy atom. The summed E-state index contributed by atoms with van der Waals surface area (Å²) in [6.07, 6.45) is 0.235. The Kier molecular flexibility index (Phi) is 3.95. The van der Waals surface area contributed by atoms with Crippen molar-refractivity contribution in [1.29, 1.82) is 0 Å². The fraction of sp³-hybridized carbons (Fsp3) is 0.176. The molecule has 0 spiro atoms. The first-order chi connectivity index (χ1) is 10.9. The molecule has 1 aliphatic heterocycles. The average molecular weight is 375 g/mol. The second-order valence-corrected chi connectivity index (χ2v) is 6.42. The fourth-order valence-electron chi connectivity index (χ4n) is 2.64. The van der Waals surface area contributed by atoms with Gasteiger partial charge < -0.3 is 10.2 Å². The smallest absolute Gasteiger partial charge is 0.277 e. The monoisotopic (exact) mass is 374 g/mol. The highest BCUT2D eigenvalue weighted by Crippen LogP contribution is 2.37. The topological polar surface area (TPSA) is 73.1 Å². The van der Waals surface area contributed by atoms with Gasteiger partial charge >= 0.3 is 0 Å². The molecule has 0 bridgehead atoms. The molecule has 6 heteroatoms. The van der Waals surface area contributed by atoms with Gasteiger partial charge in [0.05, 0.1) is 0 Å². The highest BCUT2D eigenvalue weighted by atomic mass is 79.9. The molecule has 23 heavy (non-hydrogen) atoms. The number of aromatic hydroxyl groups is 1. The number of nitrogens with zero attached hydrogens (tertiary/aromatic N) is 2. The SMILES string of the molecule is CC1=NN(C(=O)c2cccc(O)c2)C(O)(c2ccc(Br)cc2)C1. The summed E-state index contributed by atoms with van der Waals surface area (Å²) in [5.74, 6) is -0.480. The van der Waals surface area contributed by atoms with Crippen LogP contribution in [0.1, 0.15) is 29.3 Å². The first-order valence-corrected chi connectivity index (χ1v) is 7.85. The van der Waals surface area contributed by atoms with Crippen LogP contribution in [0.15, 0.2) is 58.1 Å². The highest BCUT2D eigenvalue weighted by molar-refractivity contribution is 9.10. The molecule has 0 saturated heterocycles. The van der Waals surface area contributed by atoms with Crippen LogP contribution < -0.4 is 0 Å². The molecule has 0 aromatic heterocycles. The predicted molar refractivity (Wildman–Crippen MR) is 90.0 cm³/mol. The van der Waals surface area contributed by atoms with E-state index in [4.69, 9.17) is 0 Å². The normalized spacial score (nSPS) is 20.5. The van der Waals surface area contributed by atoms with E-state index in [0.29, 0.717) is 11.3 Å². The summed E-state index contributed by atoms with van der Waals surface area (Å²) in [6.45, 7) is 1.76. The van der Waals surface area contributed by atoms with Crippen molar-refractivity contribution < 1.29 is 15.0 Å². The van der Waals surface area contributed by atoms with Gasteiger partial charge in [-0.3, -0.25) is 4.79 Å². The maximum atomic E-state index is 12.7. The third-order valence-electron chi connectivity index (χ3n) is 3.72. The first-order valence-electron chi connectivity index (χ1n) is 7.06. The molecule has 1 unspecified atom stereocenters. The van der Waals surface area contributed by atoms with Crippen molar-refractivity contribution in [1.82, 2.24) is 5.01 Å². The molecule has 5 nitrogen and oxygen atoms in total. The molecule has 2 aromatic carbocycles. The van der Waals surface area contributed by atoms with Gasteiger partial charge in [-0.05, 0) is 37.3 Å². The summed E-state index contributed by atoms with van der Waals surface area (Å²) in [6, 6.07) is 13.1. The van der Waals surface area contributed by atoms with Crippen LogP contribution in [-0.4, -0.2) is 26.8 Å². The van der Waals surface area contributed by atoms with Crippen molar-refractivity contribution in [2.75, 3.05) is 0 Å². The van der Waals surface area contributed by atoms with E-state index in [1.165, 1.54) is 12.1 Å². The van der Waals surface area contributed by atoms with Crippen molar-refractivity contribution >= 4 is 27.5 Å². The van der Waals surface area contributed by atoms with Crippen LogP contribution in [-0.2, 0) is 5.72 Å². The van der Waals surface area contributed by atoms with E-state index in [1.54, 1.807) is 43.3 Å². The van der Waals surface area contributed by atoms with E-state index >= 15 is 0 Å². The van der Waals surface area contributed by atoms with Crippen LogP contribution >= 0.6 is 15.9 Å². The van der Waals surface area contributed by atoms with Crippen molar-refractivity contribution in [3.8, 4) is 5.75 Å². The van der Waals surface area contributed by atoms with E-state index in [-0.39, 0.29) is 17.7 Å². The molecule has 3 rings (SSSR count). The number of phenols is 1. The number of benzene rings is 2. The zero-order valence-electron chi connectivity index (χ0n) is 12.4. The number of aliphatic hydroxyl groups is 1. The van der Waals surface area contributed by atoms with Crippen molar-refractivity contribution in [3.63, 3.8) is 0 Å². The number of hydrazone groups is 1. The molecular formula is C17H15BrN2O3. The number of phenolic OH excluding ortho intramolecular Hbond substituents is 1. The third-order valence-corrected chi connectivity index (χ3v) is 4.24. The van der Waals surface area contributed by atoms with Crippen LogP contribution in [0.3, 0.4) is 0 Å². The number of rotatable bonds is 2. The largest absolute Gasteiger partial charge is 0.508 e. The van der Waals surface area contributed by atoms with Gasteiger partial charge in [0.1, 0.15) is 5.75 Å². The molecule has 1 aliphatic rings. The molecule has 1 heterocycles. The number of halogens is 1. The number of amides is 1. The molecule has 1 amide bonds. The van der Waals surface area contributed by atoms with Crippen LogP contribution in [0, 0.1) is 0 Å². The van der Waals surface area contributed by atoms with Crippen LogP contribution in [0.4, 0.5) is 0 Å². The standard InChI is InChI=1S/C17H15BrN2O3/c1-11-10-17(23,13-5-7-14(18)8-6-13)20(19-11)16(22)12-3-2-4-15(21)9-12/h2-9,21,23H,10H2,1H3. The lowest BCUT2D eigenvalue weighted by Gasteiger charge is -2.31. The first kappa shape index (κ1) is 15.7. The molecule has 118 valence electrons. The Hall–Kier alpha value is -2.18. The minimum absolute atomic E-state index is 0.0112. The minimum Gasteiger partial charge on any atom is -0.508 e. The zero-order chi connectivity index (χ0) is 16.6. The van der Waals surface area contributed by atoms with E-state index in [1.807, 2.05) is 0 Å². The summed E-state index contributed by atoms with van der Waals surface area (Å²) in [5.41, 5.74) is -0.0365. The molecule has 0 radical (unpaired) electrons. The van der Waals surface area contributed by atoms with Gasteiger partial charge in [0.25, 0.3) is 5.91 Å². The maximum absolute atomic E-state index is 12.7. The fourth-order valence-corrected chi connectivity index (χ4v) is 2.90. The summed E-state index contributed by atoms with van der Waals surface area (Å²) in [7, 11) is 0. The summed E-state index contributed by atoms with van der Waals surface area (Å²) in [5, 5.41) is 25.9. The Labute approximate surface area is 142 Å². The average Bonchev–Trinajstić information content (AvgIpc) is 2.83. The second-order valence-electron chi connectivity index (χ2n) is 5.50. The van der Waals surface area contributed by atoms with Gasteiger partial charge in [0.2, 0.25) is 0 Å². The Balaban J connectivity index is 2.01. The lowest BCUT2D eigenvalue weighted by Crippen LogP contribution is -2.43. The Morgan fingerprint density at radius 1 is 1.26 bits per heavy atom. The number of hydrogen-bond donors (Lipinski definition) is 2. The summed E-state index contributed by atoms with van der Waals surface area (Å²) in [4.78, 5) is 12.7. The Morgan fingerprint density at radius 3 is 2.61 bits per heavy atom. The van der Waals surface area contributed by atoms with Gasteiger partial charge in [0.15, 0.2) is 5.72 Å². The summed E-state index contributed by atoms with van der Waals surface area (Å²) < 4.78 is 0.881. The van der Waals surface area contributed by atoms with E-state index in [0.717, 1.165) is 9.48 Å². The van der Waals surface area contributed by atoms with E-state index in [9.17, 15) is 15.0 Å². The van der Waals surface area contributed by atoms with Crippen LogP contribution in [0.25, 0.3) is 0 Å². The molecular weight excluding hydrogens is 360 g/mol. The number of carbonyl (C=O) groups excluding carboxylic acids is 1. The quantitative estimate of drug-likeness (QED) is 0.847. The molecule has 0 aliphatic carbocycles. The van der Waals surface area contributed by atoms with Gasteiger partial charge in [-0.2, -0.15) is 10.1 Å². The van der Waals surface area contributed by atoms with Crippen molar-refractivity contribution in [2.24, 2.45) is 5.10 Å². The van der Waals surface area contributed by atoms with Gasteiger partial charge in [0, 0.05) is 27.7 Å². The van der Waals surface area contributed by atoms with Crippen molar-refractivity contribution in [2.45, 2.75) is 19.1 Å². The predicted octanol–water partition coefficient (Wildman–Crippen LogP) is 3.22. The van der Waals surface area contributed by atoms with E-state index in [2.05, 4.69) is 21.0 Å². The van der Waals surface area contributed by atoms with Crippen molar-refractivity contribution in [3.05, 3.63) is 64.1 Å². The lowest BCUT2D eigenvalue weighted by molar-refractivity contribution is -0.0765. The van der Waals surface area contributed by atoms with Gasteiger partial charge in [-0.25, -0.2) is 0 Å². The number of carbonyl (C=O) groups is 1. The van der Waals surface area contributed by atoms with Gasteiger partial charge in [-0.15, -0.1) is 0 Å². The second kappa shape index (κ2) is 5.79. The molecule has 0 saturated carbocycles. The lowest BCUT2D eigenvalue weighted by atomic mass is 9.97. The molecule has 0 fully saturated rings. The highest BCUT2D eigenvalue weighted by Gasteiger charge is 2.45. The molecule has 1 atom stereocenters. The number of hydrogen-bond acceptors (Lipinski definition) is 4. The molecule has 2 N–H and O–H groups in total. The maximum Gasteiger partial charge on any atom is 0.277 e. The minimum atomic E-state index is -1.53. The third kappa shape index (κ3) is 2.87. The summed E-state index contributed by atoms with van der Waals surface area (Å²) >= 11 is 3.35.